The molecule has 0 aromatic rings. The summed E-state index contributed by atoms with van der Waals surface area (Å²) in [6.07, 6.45) is 4.62. The molecule has 2 saturated heterocycles. The molecule has 1 aliphatic carbocycles. The van der Waals surface area contributed by atoms with Crippen molar-refractivity contribution >= 4 is 11.8 Å². The van der Waals surface area contributed by atoms with Gasteiger partial charge in [0.25, 0.3) is 5.91 Å². The van der Waals surface area contributed by atoms with Crippen LogP contribution in [-0.2, 0) is 9.59 Å². The van der Waals surface area contributed by atoms with Gasteiger partial charge in [-0.25, -0.2) is 4.39 Å². The Bertz CT molecular complexity index is 482. The molecule has 0 unspecified atom stereocenters. The fraction of sp³-hybridized carbons (Fsp3) is 0.882. The molecule has 0 bridgehead atoms. The van der Waals surface area contributed by atoms with Crippen molar-refractivity contribution in [2.75, 3.05) is 40.3 Å². The summed E-state index contributed by atoms with van der Waals surface area (Å²) in [7, 11) is 4.02. The number of carbonyl (C=O) groups is 2. The van der Waals surface area contributed by atoms with Gasteiger partial charge in [0.2, 0.25) is 5.91 Å². The van der Waals surface area contributed by atoms with Crippen LogP contribution in [0.5, 0.6) is 0 Å². The van der Waals surface area contributed by atoms with Crippen molar-refractivity contribution in [1.82, 2.24) is 14.7 Å². The molecule has 0 aromatic heterocycles. The predicted octanol–water partition coefficient (Wildman–Crippen LogP) is 1.42. The summed E-state index contributed by atoms with van der Waals surface area (Å²) in [6.45, 7) is 2.75. The quantitative estimate of drug-likeness (QED) is 0.785. The number of likely N-dealkylation sites (N-methyl/N-ethyl adjacent to an activating group) is 1. The van der Waals surface area contributed by atoms with Crippen LogP contribution in [0.3, 0.4) is 0 Å². The monoisotopic (exact) mass is 325 g/mol. The van der Waals surface area contributed by atoms with E-state index in [0.717, 1.165) is 38.8 Å². The van der Waals surface area contributed by atoms with Gasteiger partial charge in [0.05, 0.1) is 0 Å². The smallest absolute Gasteiger partial charge is 0.260 e. The number of hydrogen-bond donors (Lipinski definition) is 0. The molecule has 3 aliphatic rings. The van der Waals surface area contributed by atoms with Crippen LogP contribution in [0.25, 0.3) is 0 Å². The summed E-state index contributed by atoms with van der Waals surface area (Å²) in [4.78, 5) is 30.4. The molecule has 5 nitrogen and oxygen atoms in total. The van der Waals surface area contributed by atoms with Gasteiger partial charge >= 0.3 is 0 Å². The fourth-order valence-electron chi connectivity index (χ4n) is 4.17. The Morgan fingerprint density at radius 1 is 1.17 bits per heavy atom. The fourth-order valence-corrected chi connectivity index (χ4v) is 4.17. The maximum atomic E-state index is 14.3. The molecule has 3 fully saturated rings. The zero-order valence-corrected chi connectivity index (χ0v) is 14.3. The molecule has 6 heteroatoms. The average molecular weight is 325 g/mol. The van der Waals surface area contributed by atoms with E-state index >= 15 is 0 Å². The van der Waals surface area contributed by atoms with E-state index in [2.05, 4.69) is 4.90 Å². The third kappa shape index (κ3) is 2.97. The average Bonchev–Trinajstić information content (AvgIpc) is 2.79. The van der Waals surface area contributed by atoms with Crippen molar-refractivity contribution in [3.8, 4) is 0 Å². The van der Waals surface area contributed by atoms with Crippen LogP contribution in [0.15, 0.2) is 0 Å². The van der Waals surface area contributed by atoms with Crippen LogP contribution in [0.1, 0.15) is 44.9 Å². The van der Waals surface area contributed by atoms with E-state index < -0.39 is 5.67 Å². The van der Waals surface area contributed by atoms with Crippen molar-refractivity contribution in [2.24, 2.45) is 0 Å². The zero-order chi connectivity index (χ0) is 16.7. The molecule has 23 heavy (non-hydrogen) atoms. The van der Waals surface area contributed by atoms with Crippen LogP contribution in [0, 0.1) is 0 Å². The summed E-state index contributed by atoms with van der Waals surface area (Å²) < 4.78 is 14.3. The van der Waals surface area contributed by atoms with Gasteiger partial charge in [-0.2, -0.15) is 0 Å². The minimum atomic E-state index is -1.60. The molecule has 1 saturated carbocycles. The van der Waals surface area contributed by atoms with Crippen LogP contribution in [-0.4, -0.2) is 78.0 Å². The number of piperidine rings is 1. The Hall–Kier alpha value is -1.17. The molecule has 3 rings (SSSR count). The highest BCUT2D eigenvalue weighted by atomic mass is 19.1. The van der Waals surface area contributed by atoms with E-state index in [1.165, 1.54) is 0 Å². The maximum Gasteiger partial charge on any atom is 0.260 e. The Morgan fingerprint density at radius 2 is 1.83 bits per heavy atom. The first kappa shape index (κ1) is 16.7. The molecule has 0 N–H and O–H groups in total. The third-order valence-corrected chi connectivity index (χ3v) is 5.96. The van der Waals surface area contributed by atoms with Crippen LogP contribution in [0.2, 0.25) is 0 Å². The van der Waals surface area contributed by atoms with Crippen molar-refractivity contribution < 1.29 is 14.0 Å². The predicted molar refractivity (Wildman–Crippen MR) is 85.7 cm³/mol. The first-order valence-corrected chi connectivity index (χ1v) is 8.80. The summed E-state index contributed by atoms with van der Waals surface area (Å²) in [6, 6.07) is 0. The zero-order valence-electron chi connectivity index (χ0n) is 14.3. The van der Waals surface area contributed by atoms with Crippen LogP contribution < -0.4 is 0 Å². The molecular formula is C17H28FN3O2. The first-order valence-electron chi connectivity index (χ1n) is 8.80. The van der Waals surface area contributed by atoms with E-state index in [1.807, 2.05) is 19.0 Å². The summed E-state index contributed by atoms with van der Waals surface area (Å²) in [5.41, 5.74) is -1.70. The van der Waals surface area contributed by atoms with Gasteiger partial charge < -0.3 is 14.7 Å². The molecule has 1 spiro atoms. The lowest BCUT2D eigenvalue weighted by Crippen LogP contribution is -2.58. The third-order valence-electron chi connectivity index (χ3n) is 5.96. The number of carbonyl (C=O) groups excluding carboxylic acids is 2. The molecule has 0 atom stereocenters. The number of rotatable bonds is 4. The SMILES string of the molecule is CN(C)CCN1C(=O)CCC12CCN(C(=O)C1(F)CCC1)CC2. The normalized spacial score (nSPS) is 26.0. The van der Waals surface area contributed by atoms with E-state index in [-0.39, 0.29) is 17.4 Å². The number of alkyl halides is 1. The van der Waals surface area contributed by atoms with Gasteiger partial charge in [-0.15, -0.1) is 0 Å². The minimum Gasteiger partial charge on any atom is -0.340 e. The largest absolute Gasteiger partial charge is 0.340 e. The molecule has 2 aliphatic heterocycles. The van der Waals surface area contributed by atoms with Gasteiger partial charge in [0.1, 0.15) is 0 Å². The van der Waals surface area contributed by atoms with Gasteiger partial charge in [-0.05, 0) is 52.6 Å². The van der Waals surface area contributed by atoms with E-state index in [9.17, 15) is 14.0 Å². The van der Waals surface area contributed by atoms with Crippen molar-refractivity contribution in [3.63, 3.8) is 0 Å². The number of amides is 2. The molecule has 130 valence electrons. The minimum absolute atomic E-state index is 0.104. The van der Waals surface area contributed by atoms with Gasteiger partial charge in [0, 0.05) is 38.1 Å². The van der Waals surface area contributed by atoms with Crippen molar-refractivity contribution in [1.29, 1.82) is 0 Å². The topological polar surface area (TPSA) is 43.9 Å². The van der Waals surface area contributed by atoms with Crippen molar-refractivity contribution in [3.05, 3.63) is 0 Å². The number of nitrogens with zero attached hydrogens (tertiary/aromatic N) is 3. The van der Waals surface area contributed by atoms with E-state index in [4.69, 9.17) is 0 Å². The maximum absolute atomic E-state index is 14.3. The molecule has 0 radical (unpaired) electrons. The lowest BCUT2D eigenvalue weighted by molar-refractivity contribution is -0.153. The van der Waals surface area contributed by atoms with Crippen LogP contribution >= 0.6 is 0 Å². The van der Waals surface area contributed by atoms with Gasteiger partial charge in [-0.3, -0.25) is 9.59 Å². The summed E-state index contributed by atoms with van der Waals surface area (Å²) in [5.74, 6) is -0.0876. The lowest BCUT2D eigenvalue weighted by atomic mass is 9.79. The lowest BCUT2D eigenvalue weighted by Gasteiger charge is -2.47. The van der Waals surface area contributed by atoms with E-state index in [1.54, 1.807) is 4.90 Å². The molecule has 2 heterocycles. The highest BCUT2D eigenvalue weighted by molar-refractivity contribution is 5.86. The van der Waals surface area contributed by atoms with Gasteiger partial charge in [-0.1, -0.05) is 0 Å². The summed E-state index contributed by atoms with van der Waals surface area (Å²) >= 11 is 0. The standard InChI is InChI=1S/C17H28FN3O2/c1-19(2)12-13-21-14(22)4-7-16(21)8-10-20(11-9-16)15(23)17(18)5-3-6-17/h3-13H2,1-2H3. The molecule has 2 amide bonds. The Kier molecular flexibility index (Phi) is 4.38. The second kappa shape index (κ2) is 6.04. The second-order valence-electron chi connectivity index (χ2n) is 7.68. The summed E-state index contributed by atoms with van der Waals surface area (Å²) in [5, 5.41) is 0. The van der Waals surface area contributed by atoms with E-state index in [0.29, 0.717) is 32.4 Å². The Labute approximate surface area is 137 Å². The number of likely N-dealkylation sites (tertiary alicyclic amines) is 2. The first-order chi connectivity index (χ1) is 10.9. The van der Waals surface area contributed by atoms with Gasteiger partial charge in [0.15, 0.2) is 5.67 Å². The van der Waals surface area contributed by atoms with Crippen molar-refractivity contribution in [2.45, 2.75) is 56.2 Å². The highest BCUT2D eigenvalue weighted by Crippen LogP contribution is 2.42. The second-order valence-corrected chi connectivity index (χ2v) is 7.68. The van der Waals surface area contributed by atoms with Crippen LogP contribution in [0.4, 0.5) is 4.39 Å². The Balaban J connectivity index is 1.62. The molecule has 0 aromatic carbocycles. The molecular weight excluding hydrogens is 297 g/mol. The number of hydrogen-bond acceptors (Lipinski definition) is 3. The number of halogens is 1. The Morgan fingerprint density at radius 3 is 2.35 bits per heavy atom. The highest BCUT2D eigenvalue weighted by Gasteiger charge is 2.51.